The highest BCUT2D eigenvalue weighted by molar-refractivity contribution is 6.22. The zero-order chi connectivity index (χ0) is 21.4. The molecule has 0 saturated heterocycles. The molecule has 0 aliphatic heterocycles. The van der Waals surface area contributed by atoms with Gasteiger partial charge in [-0.25, -0.2) is 0 Å². The predicted molar refractivity (Wildman–Crippen MR) is 118 cm³/mol. The van der Waals surface area contributed by atoms with Crippen molar-refractivity contribution in [3.63, 3.8) is 0 Å². The van der Waals surface area contributed by atoms with E-state index < -0.39 is 6.04 Å². The van der Waals surface area contributed by atoms with E-state index in [-0.39, 0.29) is 23.6 Å². The topological polar surface area (TPSA) is 75.3 Å². The lowest BCUT2D eigenvalue weighted by Gasteiger charge is -2.19. The van der Waals surface area contributed by atoms with Crippen LogP contribution in [-0.2, 0) is 11.2 Å². The first-order valence-corrected chi connectivity index (χ1v) is 10.5. The van der Waals surface area contributed by atoms with Crippen molar-refractivity contribution in [3.05, 3.63) is 95.1 Å². The lowest BCUT2D eigenvalue weighted by Crippen LogP contribution is -2.48. The van der Waals surface area contributed by atoms with Gasteiger partial charge in [-0.15, -0.1) is 0 Å². The Balaban J connectivity index is 1.38. The molecule has 1 unspecified atom stereocenters. The van der Waals surface area contributed by atoms with Crippen LogP contribution in [0.5, 0.6) is 0 Å². The van der Waals surface area contributed by atoms with Gasteiger partial charge in [0.2, 0.25) is 5.91 Å². The number of carbonyl (C=O) groups excluding carboxylic acids is 3. The van der Waals surface area contributed by atoms with Gasteiger partial charge in [0.1, 0.15) is 6.04 Å². The summed E-state index contributed by atoms with van der Waals surface area (Å²) >= 11 is 0. The van der Waals surface area contributed by atoms with Crippen LogP contribution in [0.15, 0.2) is 72.8 Å². The van der Waals surface area contributed by atoms with E-state index in [1.165, 1.54) is 0 Å². The number of amides is 2. The maximum atomic E-state index is 13.0. The molecule has 3 aromatic carbocycles. The van der Waals surface area contributed by atoms with E-state index >= 15 is 0 Å². The summed E-state index contributed by atoms with van der Waals surface area (Å²) < 4.78 is 0. The van der Waals surface area contributed by atoms with E-state index in [0.29, 0.717) is 23.1 Å². The van der Waals surface area contributed by atoms with Gasteiger partial charge in [-0.2, -0.15) is 0 Å². The highest BCUT2D eigenvalue weighted by Gasteiger charge is 2.30. The van der Waals surface area contributed by atoms with Crippen molar-refractivity contribution in [1.29, 1.82) is 0 Å². The summed E-state index contributed by atoms with van der Waals surface area (Å²) in [6, 6.07) is 21.7. The molecular weight excluding hydrogens is 388 g/mol. The molecule has 31 heavy (non-hydrogen) atoms. The summed E-state index contributed by atoms with van der Waals surface area (Å²) in [5.74, 6) is -0.615. The van der Waals surface area contributed by atoms with Crippen LogP contribution in [-0.4, -0.2) is 29.7 Å². The molecular formula is C26H22N2O3. The average Bonchev–Trinajstić information content (AvgIpc) is 3.57. The van der Waals surface area contributed by atoms with Gasteiger partial charge in [0.05, 0.1) is 0 Å². The molecule has 1 atom stereocenters. The maximum absolute atomic E-state index is 13.0. The number of rotatable bonds is 6. The third-order valence-corrected chi connectivity index (χ3v) is 5.82. The van der Waals surface area contributed by atoms with Crippen molar-refractivity contribution in [2.45, 2.75) is 31.3 Å². The minimum Gasteiger partial charge on any atom is -0.352 e. The molecule has 2 aliphatic carbocycles. The lowest BCUT2D eigenvalue weighted by atomic mass is 10.0. The predicted octanol–water partition coefficient (Wildman–Crippen LogP) is 3.52. The van der Waals surface area contributed by atoms with E-state index in [4.69, 9.17) is 0 Å². The standard InChI is InChI=1S/C26H22N2O3/c29-24-21-9-5-4-8-19(21)20-13-10-17(15-22(20)24)25(30)28-23(26(31)27-18-11-12-18)14-16-6-2-1-3-7-16/h1-10,13,15,18,23H,11-12,14H2,(H,27,31)(H,28,30). The van der Waals surface area contributed by atoms with Crippen LogP contribution in [0.25, 0.3) is 11.1 Å². The Hall–Kier alpha value is -3.73. The van der Waals surface area contributed by atoms with Gasteiger partial charge in [-0.05, 0) is 41.7 Å². The summed E-state index contributed by atoms with van der Waals surface area (Å²) in [6.07, 6.45) is 2.36. The maximum Gasteiger partial charge on any atom is 0.251 e. The van der Waals surface area contributed by atoms with Crippen LogP contribution in [0.2, 0.25) is 0 Å². The second-order valence-corrected chi connectivity index (χ2v) is 8.13. The third kappa shape index (κ3) is 3.87. The van der Waals surface area contributed by atoms with Gasteiger partial charge in [0, 0.05) is 29.2 Å². The Kier molecular flexibility index (Phi) is 4.86. The largest absolute Gasteiger partial charge is 0.352 e. The van der Waals surface area contributed by atoms with E-state index in [1.807, 2.05) is 54.6 Å². The minimum atomic E-state index is -0.684. The first kappa shape index (κ1) is 19.2. The molecule has 3 aromatic rings. The number of carbonyl (C=O) groups is 3. The van der Waals surface area contributed by atoms with Crippen LogP contribution in [0.1, 0.15) is 44.7 Å². The molecule has 1 saturated carbocycles. The number of ketones is 1. The van der Waals surface area contributed by atoms with Crippen molar-refractivity contribution in [1.82, 2.24) is 10.6 Å². The van der Waals surface area contributed by atoms with Crippen LogP contribution in [0, 0.1) is 0 Å². The minimum absolute atomic E-state index is 0.0763. The van der Waals surface area contributed by atoms with Crippen LogP contribution in [0.4, 0.5) is 0 Å². The fourth-order valence-electron chi connectivity index (χ4n) is 4.00. The SMILES string of the molecule is O=C(NC(Cc1ccccc1)C(=O)NC1CC1)c1ccc2c(c1)C(=O)c1ccccc1-2. The van der Waals surface area contributed by atoms with Crippen LogP contribution < -0.4 is 10.6 Å². The summed E-state index contributed by atoms with van der Waals surface area (Å²) in [5.41, 5.74) is 4.25. The fourth-order valence-corrected chi connectivity index (χ4v) is 4.00. The Morgan fingerprint density at radius 3 is 2.26 bits per heavy atom. The number of hydrogen-bond acceptors (Lipinski definition) is 3. The fraction of sp³-hybridized carbons (Fsp3) is 0.192. The van der Waals surface area contributed by atoms with Crippen LogP contribution >= 0.6 is 0 Å². The molecule has 0 heterocycles. The highest BCUT2D eigenvalue weighted by atomic mass is 16.2. The molecule has 1 fully saturated rings. The van der Waals surface area contributed by atoms with Crippen molar-refractivity contribution in [2.75, 3.05) is 0 Å². The van der Waals surface area contributed by atoms with Crippen molar-refractivity contribution in [2.24, 2.45) is 0 Å². The number of nitrogens with one attached hydrogen (secondary N) is 2. The van der Waals surface area contributed by atoms with Gasteiger partial charge in [-0.1, -0.05) is 60.7 Å². The average molecular weight is 410 g/mol. The summed E-state index contributed by atoms with van der Waals surface area (Å²) in [4.78, 5) is 38.6. The monoisotopic (exact) mass is 410 g/mol. The normalized spacial score (nSPS) is 15.0. The quantitative estimate of drug-likeness (QED) is 0.511. The van der Waals surface area contributed by atoms with Crippen LogP contribution in [0.3, 0.4) is 0 Å². The number of benzene rings is 3. The molecule has 5 nitrogen and oxygen atoms in total. The van der Waals surface area contributed by atoms with Gasteiger partial charge in [0.25, 0.3) is 5.91 Å². The molecule has 5 heteroatoms. The first-order chi connectivity index (χ1) is 15.1. The van der Waals surface area contributed by atoms with E-state index in [9.17, 15) is 14.4 Å². The van der Waals surface area contributed by atoms with E-state index in [0.717, 1.165) is 29.5 Å². The molecule has 154 valence electrons. The Bertz CT molecular complexity index is 1180. The zero-order valence-electron chi connectivity index (χ0n) is 16.9. The summed E-state index contributed by atoms with van der Waals surface area (Å²) in [5, 5.41) is 5.86. The van der Waals surface area contributed by atoms with Gasteiger partial charge in [0.15, 0.2) is 5.78 Å². The lowest BCUT2D eigenvalue weighted by molar-refractivity contribution is -0.123. The molecule has 0 aromatic heterocycles. The number of hydrogen-bond donors (Lipinski definition) is 2. The van der Waals surface area contributed by atoms with Crippen molar-refractivity contribution < 1.29 is 14.4 Å². The Labute approximate surface area is 180 Å². The molecule has 0 bridgehead atoms. The Morgan fingerprint density at radius 1 is 0.839 bits per heavy atom. The van der Waals surface area contributed by atoms with E-state index in [2.05, 4.69) is 10.6 Å². The van der Waals surface area contributed by atoms with Crippen molar-refractivity contribution >= 4 is 17.6 Å². The zero-order valence-corrected chi connectivity index (χ0v) is 16.9. The second-order valence-electron chi connectivity index (χ2n) is 8.13. The molecule has 5 rings (SSSR count). The van der Waals surface area contributed by atoms with Gasteiger partial charge in [-0.3, -0.25) is 14.4 Å². The molecule has 2 N–H and O–H groups in total. The molecule has 2 amide bonds. The van der Waals surface area contributed by atoms with Gasteiger partial charge < -0.3 is 10.6 Å². The molecule has 2 aliphatic rings. The first-order valence-electron chi connectivity index (χ1n) is 10.5. The van der Waals surface area contributed by atoms with Gasteiger partial charge >= 0.3 is 0 Å². The summed E-state index contributed by atoms with van der Waals surface area (Å²) in [7, 11) is 0. The molecule has 0 spiro atoms. The molecule has 0 radical (unpaired) electrons. The second kappa shape index (κ2) is 7.84. The highest BCUT2D eigenvalue weighted by Crippen LogP contribution is 2.36. The third-order valence-electron chi connectivity index (χ3n) is 5.82. The van der Waals surface area contributed by atoms with E-state index in [1.54, 1.807) is 18.2 Å². The Morgan fingerprint density at radius 2 is 1.52 bits per heavy atom. The summed E-state index contributed by atoms with van der Waals surface area (Å²) in [6.45, 7) is 0. The smallest absolute Gasteiger partial charge is 0.251 e. The van der Waals surface area contributed by atoms with Crippen molar-refractivity contribution in [3.8, 4) is 11.1 Å². The number of fused-ring (bicyclic) bond motifs is 3.